The van der Waals surface area contributed by atoms with Crippen LogP contribution in [0.15, 0.2) is 47.6 Å². The van der Waals surface area contributed by atoms with Gasteiger partial charge in [0.15, 0.2) is 0 Å². The van der Waals surface area contributed by atoms with Crippen molar-refractivity contribution in [2.24, 2.45) is 10.7 Å². The molecule has 2 aromatic rings. The monoisotopic (exact) mass is 489 g/mol. The second kappa shape index (κ2) is 11.2. The van der Waals surface area contributed by atoms with Gasteiger partial charge >= 0.3 is 0 Å². The van der Waals surface area contributed by atoms with E-state index in [2.05, 4.69) is 45.4 Å². The number of rotatable bonds is 7. The molecule has 2 aliphatic heterocycles. The lowest BCUT2D eigenvalue weighted by Gasteiger charge is -2.49. The van der Waals surface area contributed by atoms with Crippen LogP contribution in [0, 0.1) is 6.92 Å². The van der Waals surface area contributed by atoms with E-state index in [9.17, 15) is 4.79 Å². The van der Waals surface area contributed by atoms with Gasteiger partial charge in [0.1, 0.15) is 5.75 Å². The molecule has 3 atom stereocenters. The summed E-state index contributed by atoms with van der Waals surface area (Å²) in [4.78, 5) is 22.5. The minimum atomic E-state index is -0.227. The minimum Gasteiger partial charge on any atom is -0.497 e. The van der Waals surface area contributed by atoms with Crippen LogP contribution in [0.3, 0.4) is 0 Å². The van der Waals surface area contributed by atoms with Gasteiger partial charge in [-0.3, -0.25) is 14.7 Å². The van der Waals surface area contributed by atoms with Crippen molar-refractivity contribution in [2.75, 3.05) is 39.2 Å². The molecule has 2 bridgehead atoms. The van der Waals surface area contributed by atoms with E-state index >= 15 is 0 Å². The van der Waals surface area contributed by atoms with Gasteiger partial charge in [-0.05, 0) is 80.8 Å². The summed E-state index contributed by atoms with van der Waals surface area (Å²) in [6.45, 7) is 6.00. The minimum absolute atomic E-state index is 0.0785. The Morgan fingerprint density at radius 3 is 2.56 bits per heavy atom. The number of amides is 1. The van der Waals surface area contributed by atoms with Crippen LogP contribution in [-0.4, -0.2) is 63.4 Å². The maximum absolute atomic E-state index is 13.4. The zero-order valence-corrected chi connectivity index (χ0v) is 22.1. The standard InChI is InChI=1S/C29H39N5O2/c1-19-9-10-24(34-17-25-7-6-8-26(18-34)33(25)4)14-28(19)29(35)32-20(2)21-11-22(13-27(12-21)36-5)23(15-30)16-31-3/h9-16,20,25-26H,6-8,17-18,30H2,1-5H3,(H,32,35)/t20-,25?,26?/m1/s1. The van der Waals surface area contributed by atoms with Crippen molar-refractivity contribution in [3.05, 3.63) is 64.9 Å². The topological polar surface area (TPSA) is 83.2 Å². The lowest BCUT2D eigenvalue weighted by Crippen LogP contribution is -2.59. The van der Waals surface area contributed by atoms with E-state index in [0.29, 0.717) is 23.4 Å². The van der Waals surface area contributed by atoms with Crippen molar-refractivity contribution < 1.29 is 9.53 Å². The number of hydrogen-bond donors (Lipinski definition) is 2. The number of benzene rings is 2. The number of nitrogens with zero attached hydrogens (tertiary/aromatic N) is 3. The number of aliphatic imine (C=N–C) groups is 1. The summed E-state index contributed by atoms with van der Waals surface area (Å²) in [5, 5.41) is 3.19. The van der Waals surface area contributed by atoms with Crippen LogP contribution in [0.4, 0.5) is 5.69 Å². The first-order valence-corrected chi connectivity index (χ1v) is 12.8. The van der Waals surface area contributed by atoms with E-state index in [4.69, 9.17) is 10.5 Å². The first kappa shape index (κ1) is 25.8. The molecule has 7 heteroatoms. The van der Waals surface area contributed by atoms with Crippen LogP contribution in [0.5, 0.6) is 5.75 Å². The molecule has 36 heavy (non-hydrogen) atoms. The van der Waals surface area contributed by atoms with Crippen LogP contribution in [0.1, 0.15) is 59.3 Å². The number of allylic oxidation sites excluding steroid dienone is 1. The van der Waals surface area contributed by atoms with Crippen LogP contribution in [0.2, 0.25) is 0 Å². The highest BCUT2D eigenvalue weighted by molar-refractivity contribution is 6.09. The van der Waals surface area contributed by atoms with E-state index in [1.165, 1.54) is 25.5 Å². The molecule has 1 amide bonds. The van der Waals surface area contributed by atoms with E-state index in [1.807, 2.05) is 32.0 Å². The predicted octanol–water partition coefficient (Wildman–Crippen LogP) is 4.17. The number of nitrogens with one attached hydrogen (secondary N) is 1. The molecule has 2 unspecified atom stereocenters. The largest absolute Gasteiger partial charge is 0.497 e. The lowest BCUT2D eigenvalue weighted by atomic mass is 9.91. The molecule has 192 valence electrons. The van der Waals surface area contributed by atoms with Gasteiger partial charge in [-0.2, -0.15) is 0 Å². The average molecular weight is 490 g/mol. The number of carbonyl (C=O) groups is 1. The van der Waals surface area contributed by atoms with Gasteiger partial charge in [0.25, 0.3) is 5.91 Å². The molecule has 0 saturated carbocycles. The summed E-state index contributed by atoms with van der Waals surface area (Å²) in [5.41, 5.74) is 11.2. The highest BCUT2D eigenvalue weighted by Crippen LogP contribution is 2.31. The Balaban J connectivity index is 1.54. The van der Waals surface area contributed by atoms with Gasteiger partial charge in [0.2, 0.25) is 0 Å². The first-order chi connectivity index (χ1) is 17.3. The molecular formula is C29H39N5O2. The number of piperidine rings is 1. The van der Waals surface area contributed by atoms with Gasteiger partial charge in [-0.15, -0.1) is 0 Å². The fourth-order valence-corrected chi connectivity index (χ4v) is 5.45. The third-order valence-corrected chi connectivity index (χ3v) is 7.71. The maximum Gasteiger partial charge on any atom is 0.252 e. The Bertz CT molecular complexity index is 1140. The summed E-state index contributed by atoms with van der Waals surface area (Å²) in [6, 6.07) is 13.1. The highest BCUT2D eigenvalue weighted by Gasteiger charge is 2.35. The Morgan fingerprint density at radius 1 is 1.19 bits per heavy atom. The number of likely N-dealkylation sites (N-methyl/N-ethyl adjacent to an activating group) is 1. The van der Waals surface area contributed by atoms with Crippen LogP contribution >= 0.6 is 0 Å². The summed E-state index contributed by atoms with van der Waals surface area (Å²) >= 11 is 0. The SMILES string of the molecule is CN=CC(=CN)c1cc(OC)cc([C@@H](C)NC(=O)c2cc(N3CC4CCCC(C3)N4C)ccc2C)c1. The number of anilines is 1. The van der Waals surface area contributed by atoms with Gasteiger partial charge < -0.3 is 20.7 Å². The Kier molecular flexibility index (Phi) is 7.99. The zero-order valence-electron chi connectivity index (χ0n) is 22.1. The number of nitrogens with two attached hydrogens (primary N) is 1. The summed E-state index contributed by atoms with van der Waals surface area (Å²) in [6.07, 6.45) is 7.04. The molecule has 3 N–H and O–H groups in total. The van der Waals surface area contributed by atoms with E-state index in [1.54, 1.807) is 20.4 Å². The van der Waals surface area contributed by atoms with E-state index in [-0.39, 0.29) is 11.9 Å². The smallest absolute Gasteiger partial charge is 0.252 e. The van der Waals surface area contributed by atoms with Crippen LogP contribution in [0.25, 0.3) is 5.57 Å². The number of fused-ring (bicyclic) bond motifs is 2. The molecule has 2 saturated heterocycles. The maximum atomic E-state index is 13.4. The van der Waals surface area contributed by atoms with E-state index < -0.39 is 0 Å². The van der Waals surface area contributed by atoms with Crippen molar-refractivity contribution in [1.29, 1.82) is 0 Å². The van der Waals surface area contributed by atoms with Gasteiger partial charge in [-0.1, -0.05) is 12.5 Å². The zero-order chi connectivity index (χ0) is 25.8. The fourth-order valence-electron chi connectivity index (χ4n) is 5.45. The van der Waals surface area contributed by atoms with Crippen molar-refractivity contribution in [1.82, 2.24) is 10.2 Å². The number of methoxy groups -OCH3 is 1. The lowest BCUT2D eigenvalue weighted by molar-refractivity contribution is 0.0937. The average Bonchev–Trinajstić information content (AvgIpc) is 2.87. The van der Waals surface area contributed by atoms with Crippen molar-refractivity contribution >= 4 is 23.4 Å². The van der Waals surface area contributed by atoms with E-state index in [0.717, 1.165) is 41.0 Å². The molecular weight excluding hydrogens is 450 g/mol. The molecule has 4 rings (SSSR count). The number of carbonyl (C=O) groups excluding carboxylic acids is 1. The number of aryl methyl sites for hydroxylation is 1. The van der Waals surface area contributed by atoms with Gasteiger partial charge in [-0.25, -0.2) is 0 Å². The summed E-state index contributed by atoms with van der Waals surface area (Å²) < 4.78 is 5.51. The number of hydrogen-bond acceptors (Lipinski definition) is 6. The van der Waals surface area contributed by atoms with Crippen LogP contribution in [-0.2, 0) is 0 Å². The van der Waals surface area contributed by atoms with Crippen molar-refractivity contribution in [3.63, 3.8) is 0 Å². The Labute approximate surface area is 215 Å². The molecule has 2 heterocycles. The predicted molar refractivity (Wildman–Crippen MR) is 148 cm³/mol. The Hall–Kier alpha value is -3.32. The first-order valence-electron chi connectivity index (χ1n) is 12.8. The van der Waals surface area contributed by atoms with Gasteiger partial charge in [0.05, 0.1) is 13.2 Å². The molecule has 0 aliphatic carbocycles. The summed E-state index contributed by atoms with van der Waals surface area (Å²) in [5.74, 6) is 0.622. The molecule has 0 radical (unpaired) electrons. The Morgan fingerprint density at radius 2 is 1.92 bits per heavy atom. The number of piperazine rings is 1. The van der Waals surface area contributed by atoms with Crippen molar-refractivity contribution in [3.8, 4) is 5.75 Å². The second-order valence-electron chi connectivity index (χ2n) is 10.0. The quantitative estimate of drug-likeness (QED) is 0.571. The molecule has 2 aliphatic rings. The summed E-state index contributed by atoms with van der Waals surface area (Å²) in [7, 11) is 5.60. The number of ether oxygens (including phenoxy) is 1. The third-order valence-electron chi connectivity index (χ3n) is 7.71. The molecule has 0 spiro atoms. The van der Waals surface area contributed by atoms with Crippen LogP contribution < -0.4 is 20.7 Å². The molecule has 7 nitrogen and oxygen atoms in total. The second-order valence-corrected chi connectivity index (χ2v) is 10.0. The molecule has 2 aromatic carbocycles. The fraction of sp³-hybridized carbons (Fsp3) is 0.448. The van der Waals surface area contributed by atoms with Crippen molar-refractivity contribution in [2.45, 2.75) is 51.2 Å². The third kappa shape index (κ3) is 5.41. The molecule has 2 fully saturated rings. The highest BCUT2D eigenvalue weighted by atomic mass is 16.5. The van der Waals surface area contributed by atoms with Gasteiger partial charge in [0, 0.05) is 61.5 Å². The molecule has 0 aromatic heterocycles. The normalized spacial score (nSPS) is 21.5.